The fourth-order valence-corrected chi connectivity index (χ4v) is 3.76. The molecule has 0 radical (unpaired) electrons. The van der Waals surface area contributed by atoms with Gasteiger partial charge in [0.05, 0.1) is 19.7 Å². The zero-order valence-corrected chi connectivity index (χ0v) is 18.4. The lowest BCUT2D eigenvalue weighted by Gasteiger charge is -2.38. The normalized spacial score (nSPS) is 15.3. The van der Waals surface area contributed by atoms with Crippen molar-refractivity contribution in [1.29, 1.82) is 0 Å². The number of hydrogen-bond donors (Lipinski definition) is 1. The topological polar surface area (TPSA) is 91.3 Å². The lowest BCUT2D eigenvalue weighted by atomic mass is 10.1. The summed E-state index contributed by atoms with van der Waals surface area (Å²) in [5.41, 5.74) is 0.399. The van der Waals surface area contributed by atoms with E-state index in [2.05, 4.69) is 19.8 Å². The van der Waals surface area contributed by atoms with Gasteiger partial charge in [-0.25, -0.2) is 14.8 Å². The van der Waals surface area contributed by atoms with Crippen molar-refractivity contribution in [1.82, 2.24) is 19.8 Å². The van der Waals surface area contributed by atoms with Crippen molar-refractivity contribution in [2.24, 2.45) is 0 Å². The van der Waals surface area contributed by atoms with Gasteiger partial charge in [0.25, 0.3) is 0 Å². The molecule has 2 heterocycles. The lowest BCUT2D eigenvalue weighted by molar-refractivity contribution is 0.0901. The molecule has 1 amide bonds. The molecule has 1 aromatic carbocycles. The number of piperazine rings is 1. The number of anilines is 1. The molecular formula is C21H31N5O4. The molecular weight excluding hydrogens is 386 g/mol. The van der Waals surface area contributed by atoms with Gasteiger partial charge in [-0.2, -0.15) is 0 Å². The Morgan fingerprint density at radius 1 is 1.10 bits per heavy atom. The number of fused-ring (bicyclic) bond motifs is 1. The van der Waals surface area contributed by atoms with Crippen LogP contribution in [0.1, 0.15) is 20.8 Å². The van der Waals surface area contributed by atoms with Crippen LogP contribution in [0.15, 0.2) is 18.5 Å². The average molecular weight is 418 g/mol. The van der Waals surface area contributed by atoms with E-state index in [1.165, 1.54) is 4.90 Å². The summed E-state index contributed by atoms with van der Waals surface area (Å²) in [4.78, 5) is 26.5. The maximum atomic E-state index is 11.5. The number of nitrogens with zero attached hydrogens (tertiary/aromatic N) is 5. The second kappa shape index (κ2) is 8.91. The number of hydrogen-bond acceptors (Lipinski definition) is 7. The predicted octanol–water partition coefficient (Wildman–Crippen LogP) is 2.55. The highest BCUT2D eigenvalue weighted by Gasteiger charge is 2.27. The first kappa shape index (κ1) is 21.9. The summed E-state index contributed by atoms with van der Waals surface area (Å²) in [7, 11) is 3.22. The molecule has 1 saturated heterocycles. The van der Waals surface area contributed by atoms with E-state index in [1.54, 1.807) is 20.5 Å². The van der Waals surface area contributed by atoms with Crippen molar-refractivity contribution in [3.05, 3.63) is 18.5 Å². The third kappa shape index (κ3) is 4.67. The number of methoxy groups -OCH3 is 2. The lowest BCUT2D eigenvalue weighted by Crippen LogP contribution is -2.52. The Balaban J connectivity index is 1.69. The molecule has 9 nitrogen and oxygen atoms in total. The molecule has 164 valence electrons. The van der Waals surface area contributed by atoms with E-state index < -0.39 is 11.6 Å². The summed E-state index contributed by atoms with van der Waals surface area (Å²) >= 11 is 0. The van der Waals surface area contributed by atoms with Gasteiger partial charge in [0.2, 0.25) is 0 Å². The largest absolute Gasteiger partial charge is 0.493 e. The molecule has 0 atom stereocenters. The summed E-state index contributed by atoms with van der Waals surface area (Å²) in [5, 5.41) is 10.4. The molecule has 2 aromatic rings. The molecule has 1 fully saturated rings. The molecule has 1 aliphatic rings. The van der Waals surface area contributed by atoms with Crippen LogP contribution in [0, 0.1) is 0 Å². The van der Waals surface area contributed by atoms with E-state index in [0.29, 0.717) is 24.6 Å². The second-order valence-corrected chi connectivity index (χ2v) is 8.36. The van der Waals surface area contributed by atoms with Gasteiger partial charge in [0.15, 0.2) is 11.5 Å². The number of carbonyl (C=O) groups is 1. The van der Waals surface area contributed by atoms with Gasteiger partial charge < -0.3 is 24.4 Å². The van der Waals surface area contributed by atoms with Crippen LogP contribution in [0.25, 0.3) is 10.9 Å². The Labute approximate surface area is 177 Å². The minimum Gasteiger partial charge on any atom is -0.493 e. The van der Waals surface area contributed by atoms with E-state index in [9.17, 15) is 9.90 Å². The van der Waals surface area contributed by atoms with Crippen LogP contribution in [0.3, 0.4) is 0 Å². The van der Waals surface area contributed by atoms with Crippen molar-refractivity contribution in [2.45, 2.75) is 26.3 Å². The summed E-state index contributed by atoms with van der Waals surface area (Å²) in [6.07, 6.45) is 0.697. The molecule has 1 aliphatic heterocycles. The van der Waals surface area contributed by atoms with E-state index >= 15 is 0 Å². The minimum atomic E-state index is -0.877. The molecule has 0 bridgehead atoms. The van der Waals surface area contributed by atoms with Gasteiger partial charge >= 0.3 is 6.09 Å². The van der Waals surface area contributed by atoms with Crippen molar-refractivity contribution in [2.75, 3.05) is 58.4 Å². The highest BCUT2D eigenvalue weighted by Crippen LogP contribution is 2.34. The van der Waals surface area contributed by atoms with Gasteiger partial charge in [0, 0.05) is 56.3 Å². The fourth-order valence-electron chi connectivity index (χ4n) is 3.76. The number of rotatable bonds is 6. The van der Waals surface area contributed by atoms with Crippen LogP contribution in [0.2, 0.25) is 0 Å². The maximum absolute atomic E-state index is 11.5. The monoisotopic (exact) mass is 417 g/mol. The van der Waals surface area contributed by atoms with Crippen LogP contribution < -0.4 is 14.4 Å². The third-order valence-electron chi connectivity index (χ3n) is 5.47. The van der Waals surface area contributed by atoms with Crippen LogP contribution in [-0.2, 0) is 0 Å². The molecule has 30 heavy (non-hydrogen) atoms. The zero-order chi connectivity index (χ0) is 21.9. The Hall–Kier alpha value is -2.81. The Morgan fingerprint density at radius 3 is 2.30 bits per heavy atom. The number of ether oxygens (including phenoxy) is 2. The highest BCUT2D eigenvalue weighted by molar-refractivity contribution is 5.92. The highest BCUT2D eigenvalue weighted by atomic mass is 16.5. The summed E-state index contributed by atoms with van der Waals surface area (Å²) in [5.74, 6) is 2.17. The van der Waals surface area contributed by atoms with Gasteiger partial charge in [-0.3, -0.25) is 4.90 Å². The second-order valence-electron chi connectivity index (χ2n) is 8.36. The average Bonchev–Trinajstić information content (AvgIpc) is 2.71. The van der Waals surface area contributed by atoms with E-state index in [-0.39, 0.29) is 0 Å². The first-order valence-electron chi connectivity index (χ1n) is 10.1. The van der Waals surface area contributed by atoms with Crippen LogP contribution in [0.5, 0.6) is 11.5 Å². The molecule has 3 rings (SSSR count). The van der Waals surface area contributed by atoms with E-state index in [0.717, 1.165) is 42.9 Å². The number of carboxylic acid groups (broad SMARTS) is 1. The van der Waals surface area contributed by atoms with Gasteiger partial charge in [0.1, 0.15) is 12.1 Å². The van der Waals surface area contributed by atoms with Gasteiger partial charge in [-0.05, 0) is 26.8 Å². The van der Waals surface area contributed by atoms with E-state index in [4.69, 9.17) is 9.47 Å². The quantitative estimate of drug-likeness (QED) is 0.767. The summed E-state index contributed by atoms with van der Waals surface area (Å²) in [6, 6.07) is 3.78. The van der Waals surface area contributed by atoms with E-state index in [1.807, 2.05) is 32.9 Å². The smallest absolute Gasteiger partial charge is 0.407 e. The minimum absolute atomic E-state index is 0.409. The fraction of sp³-hybridized carbons (Fsp3) is 0.571. The number of benzene rings is 1. The van der Waals surface area contributed by atoms with Crippen molar-refractivity contribution in [3.8, 4) is 11.5 Å². The standard InChI is InChI=1S/C21H31N5O4/c1-21(2,3)26(20(27)28)11-8-24-6-9-25(10-7-24)19-15-12-17(29-4)18(30-5)13-16(15)22-14-23-19/h12-14H,6-11H2,1-5H3,(H,27,28). The van der Waals surface area contributed by atoms with Crippen molar-refractivity contribution in [3.63, 3.8) is 0 Å². The first-order valence-corrected chi connectivity index (χ1v) is 10.1. The number of amides is 1. The van der Waals surface area contributed by atoms with Gasteiger partial charge in [-0.1, -0.05) is 0 Å². The molecule has 0 saturated carbocycles. The molecule has 1 aromatic heterocycles. The maximum Gasteiger partial charge on any atom is 0.407 e. The molecule has 1 N–H and O–H groups in total. The summed E-state index contributed by atoms with van der Waals surface area (Å²) in [6.45, 7) is 10.3. The number of aromatic nitrogens is 2. The third-order valence-corrected chi connectivity index (χ3v) is 5.47. The van der Waals surface area contributed by atoms with Crippen molar-refractivity contribution >= 4 is 22.8 Å². The molecule has 0 spiro atoms. The zero-order valence-electron chi connectivity index (χ0n) is 18.4. The SMILES string of the molecule is COc1cc2ncnc(N3CCN(CCN(C(=O)O)C(C)(C)C)CC3)c2cc1OC. The van der Waals surface area contributed by atoms with Gasteiger partial charge in [-0.15, -0.1) is 0 Å². The molecule has 0 unspecified atom stereocenters. The Bertz CT molecular complexity index is 891. The Kier molecular flexibility index (Phi) is 6.50. The molecule has 9 heteroatoms. The predicted molar refractivity (Wildman–Crippen MR) is 116 cm³/mol. The Morgan fingerprint density at radius 2 is 1.73 bits per heavy atom. The van der Waals surface area contributed by atoms with Crippen LogP contribution >= 0.6 is 0 Å². The molecule has 0 aliphatic carbocycles. The first-order chi connectivity index (χ1) is 14.2. The van der Waals surface area contributed by atoms with Crippen LogP contribution in [-0.4, -0.2) is 90.0 Å². The van der Waals surface area contributed by atoms with Crippen molar-refractivity contribution < 1.29 is 19.4 Å². The summed E-state index contributed by atoms with van der Waals surface area (Å²) < 4.78 is 10.8. The van der Waals surface area contributed by atoms with Crippen LogP contribution in [0.4, 0.5) is 10.6 Å².